The van der Waals surface area contributed by atoms with Crippen molar-refractivity contribution >= 4 is 11.9 Å². The van der Waals surface area contributed by atoms with Crippen molar-refractivity contribution in [2.24, 2.45) is 5.92 Å². The second-order valence-corrected chi connectivity index (χ2v) is 4.65. The first-order chi connectivity index (χ1) is 9.00. The fourth-order valence-electron chi connectivity index (χ4n) is 2.66. The maximum Gasteiger partial charge on any atom is 0.321 e. The summed E-state index contributed by atoms with van der Waals surface area (Å²) in [4.78, 5) is 22.0. The zero-order valence-corrected chi connectivity index (χ0v) is 10.1. The smallest absolute Gasteiger partial charge is 0.321 e. The summed E-state index contributed by atoms with van der Waals surface area (Å²) in [5.74, 6) is -2.94. The van der Waals surface area contributed by atoms with E-state index in [-0.39, 0.29) is 18.1 Å². The Kier molecular flexibility index (Phi) is 3.71. The molecule has 0 aromatic heterocycles. The van der Waals surface area contributed by atoms with Gasteiger partial charge in [-0.3, -0.25) is 9.59 Å². The number of para-hydroxylation sites is 1. The van der Waals surface area contributed by atoms with Gasteiger partial charge in [0.25, 0.3) is 0 Å². The zero-order valence-electron chi connectivity index (χ0n) is 10.1. The number of nitrogens with one attached hydrogen (secondary N) is 1. The molecule has 0 unspecified atom stereocenters. The molecule has 1 saturated heterocycles. The predicted octanol–water partition coefficient (Wildman–Crippen LogP) is 0.623. The van der Waals surface area contributed by atoms with Gasteiger partial charge in [-0.1, -0.05) is 18.2 Å². The van der Waals surface area contributed by atoms with Crippen LogP contribution in [0, 0.1) is 5.92 Å². The molecule has 2 rings (SSSR count). The van der Waals surface area contributed by atoms with Crippen LogP contribution in [0.15, 0.2) is 24.3 Å². The lowest BCUT2D eigenvalue weighted by Gasteiger charge is -2.21. The topological polar surface area (TPSA) is 107 Å². The lowest BCUT2D eigenvalue weighted by atomic mass is 9.82. The van der Waals surface area contributed by atoms with Crippen LogP contribution in [0.1, 0.15) is 17.9 Å². The normalized spacial score (nSPS) is 26.2. The second-order valence-electron chi connectivity index (χ2n) is 4.65. The van der Waals surface area contributed by atoms with Crippen molar-refractivity contribution in [3.8, 4) is 5.75 Å². The summed E-state index contributed by atoms with van der Waals surface area (Å²) in [6.45, 7) is 0.340. The minimum Gasteiger partial charge on any atom is -0.508 e. The molecule has 0 radical (unpaired) electrons. The zero-order chi connectivity index (χ0) is 14.0. The van der Waals surface area contributed by atoms with E-state index in [1.807, 2.05) is 0 Å². The third-order valence-corrected chi connectivity index (χ3v) is 3.52. The SMILES string of the molecule is O=C(O)C[C@@H]1[C@@H](C(=O)O)NC[C@H]1c1ccccc1O. The first kappa shape index (κ1) is 13.4. The van der Waals surface area contributed by atoms with E-state index in [0.29, 0.717) is 12.1 Å². The van der Waals surface area contributed by atoms with Crippen molar-refractivity contribution in [2.75, 3.05) is 6.54 Å². The molecule has 1 aliphatic rings. The third kappa shape index (κ3) is 2.68. The Hall–Kier alpha value is -2.08. The van der Waals surface area contributed by atoms with E-state index in [2.05, 4.69) is 5.32 Å². The van der Waals surface area contributed by atoms with Gasteiger partial charge in [0.05, 0.1) is 6.42 Å². The van der Waals surface area contributed by atoms with Gasteiger partial charge < -0.3 is 20.6 Å². The number of carbonyl (C=O) groups is 2. The number of benzene rings is 1. The fourth-order valence-corrected chi connectivity index (χ4v) is 2.66. The number of phenols is 1. The Morgan fingerprint density at radius 2 is 1.95 bits per heavy atom. The minimum absolute atomic E-state index is 0.0655. The summed E-state index contributed by atoms with van der Waals surface area (Å²) in [6.07, 6.45) is -0.247. The summed E-state index contributed by atoms with van der Waals surface area (Å²) in [5.41, 5.74) is 0.588. The molecule has 0 saturated carbocycles. The van der Waals surface area contributed by atoms with Gasteiger partial charge >= 0.3 is 11.9 Å². The van der Waals surface area contributed by atoms with Crippen LogP contribution in [-0.4, -0.2) is 39.8 Å². The molecule has 102 valence electrons. The molecule has 0 aliphatic carbocycles. The summed E-state index contributed by atoms with van der Waals surface area (Å²) in [5, 5.41) is 30.7. The Morgan fingerprint density at radius 1 is 1.26 bits per heavy atom. The third-order valence-electron chi connectivity index (χ3n) is 3.52. The largest absolute Gasteiger partial charge is 0.508 e. The first-order valence-corrected chi connectivity index (χ1v) is 5.96. The standard InChI is InChI=1S/C13H15NO5/c15-10-4-2-1-3-7(10)9-6-14-12(13(18)19)8(9)5-11(16)17/h1-4,8-9,12,14-15H,5-6H2,(H,16,17)(H,18,19)/t8-,9-,12-/m0/s1. The number of hydrogen-bond donors (Lipinski definition) is 4. The van der Waals surface area contributed by atoms with Crippen molar-refractivity contribution < 1.29 is 24.9 Å². The van der Waals surface area contributed by atoms with Crippen LogP contribution in [0.2, 0.25) is 0 Å². The molecule has 0 bridgehead atoms. The van der Waals surface area contributed by atoms with Gasteiger partial charge in [0.1, 0.15) is 11.8 Å². The summed E-state index contributed by atoms with van der Waals surface area (Å²) >= 11 is 0. The molecule has 0 amide bonds. The van der Waals surface area contributed by atoms with E-state index in [0.717, 1.165) is 0 Å². The molecule has 0 spiro atoms. The number of carboxylic acid groups (broad SMARTS) is 2. The monoisotopic (exact) mass is 265 g/mol. The number of rotatable bonds is 4. The lowest BCUT2D eigenvalue weighted by molar-refractivity contribution is -0.142. The number of phenolic OH excluding ortho intramolecular Hbond substituents is 1. The van der Waals surface area contributed by atoms with Crippen LogP contribution >= 0.6 is 0 Å². The molecule has 19 heavy (non-hydrogen) atoms. The minimum atomic E-state index is -1.07. The number of hydrogen-bond acceptors (Lipinski definition) is 4. The van der Waals surface area contributed by atoms with Gasteiger partial charge in [-0.15, -0.1) is 0 Å². The molecule has 1 heterocycles. The highest BCUT2D eigenvalue weighted by Gasteiger charge is 2.42. The van der Waals surface area contributed by atoms with Gasteiger partial charge in [-0.2, -0.15) is 0 Å². The van der Waals surface area contributed by atoms with Crippen LogP contribution in [-0.2, 0) is 9.59 Å². The van der Waals surface area contributed by atoms with Gasteiger partial charge in [-0.05, 0) is 11.6 Å². The molecular weight excluding hydrogens is 250 g/mol. The van der Waals surface area contributed by atoms with E-state index in [4.69, 9.17) is 10.2 Å². The average molecular weight is 265 g/mol. The average Bonchev–Trinajstić information content (AvgIpc) is 2.72. The molecule has 1 fully saturated rings. The van der Waals surface area contributed by atoms with Crippen LogP contribution in [0.5, 0.6) is 5.75 Å². The summed E-state index contributed by atoms with van der Waals surface area (Å²) < 4.78 is 0. The molecular formula is C13H15NO5. The van der Waals surface area contributed by atoms with E-state index in [9.17, 15) is 14.7 Å². The predicted molar refractivity (Wildman–Crippen MR) is 66.0 cm³/mol. The maximum absolute atomic E-state index is 11.1. The maximum atomic E-state index is 11.1. The van der Waals surface area contributed by atoms with Crippen molar-refractivity contribution in [1.29, 1.82) is 0 Å². The quantitative estimate of drug-likeness (QED) is 0.636. The van der Waals surface area contributed by atoms with E-state index in [1.54, 1.807) is 18.2 Å². The van der Waals surface area contributed by atoms with Crippen LogP contribution < -0.4 is 5.32 Å². The molecule has 6 heteroatoms. The van der Waals surface area contributed by atoms with E-state index >= 15 is 0 Å². The Bertz CT molecular complexity index is 502. The molecule has 1 aromatic carbocycles. The summed E-state index contributed by atoms with van der Waals surface area (Å²) in [7, 11) is 0. The second kappa shape index (κ2) is 5.27. The van der Waals surface area contributed by atoms with Gasteiger partial charge in [0, 0.05) is 18.4 Å². The van der Waals surface area contributed by atoms with Gasteiger partial charge in [0.15, 0.2) is 0 Å². The van der Waals surface area contributed by atoms with Crippen molar-refractivity contribution in [3.05, 3.63) is 29.8 Å². The highest BCUT2D eigenvalue weighted by molar-refractivity contribution is 5.77. The number of aliphatic carboxylic acids is 2. The fraction of sp³-hybridized carbons (Fsp3) is 0.385. The number of aromatic hydroxyl groups is 1. The molecule has 4 N–H and O–H groups in total. The number of carboxylic acids is 2. The first-order valence-electron chi connectivity index (χ1n) is 5.96. The lowest BCUT2D eigenvalue weighted by Crippen LogP contribution is -2.36. The Balaban J connectivity index is 2.31. The van der Waals surface area contributed by atoms with Crippen LogP contribution in [0.25, 0.3) is 0 Å². The van der Waals surface area contributed by atoms with Crippen LogP contribution in [0.3, 0.4) is 0 Å². The van der Waals surface area contributed by atoms with Crippen LogP contribution in [0.4, 0.5) is 0 Å². The highest BCUT2D eigenvalue weighted by Crippen LogP contribution is 2.38. The van der Waals surface area contributed by atoms with Gasteiger partial charge in [-0.25, -0.2) is 0 Å². The van der Waals surface area contributed by atoms with E-state index < -0.39 is 23.9 Å². The summed E-state index contributed by atoms with van der Waals surface area (Å²) in [6, 6.07) is 5.71. The molecule has 1 aliphatic heterocycles. The Morgan fingerprint density at radius 3 is 2.53 bits per heavy atom. The Labute approximate surface area is 109 Å². The molecule has 1 aromatic rings. The van der Waals surface area contributed by atoms with Gasteiger partial charge in [0.2, 0.25) is 0 Å². The van der Waals surface area contributed by atoms with Crippen molar-refractivity contribution in [3.63, 3.8) is 0 Å². The van der Waals surface area contributed by atoms with E-state index in [1.165, 1.54) is 6.07 Å². The van der Waals surface area contributed by atoms with Crippen molar-refractivity contribution in [1.82, 2.24) is 5.32 Å². The van der Waals surface area contributed by atoms with Crippen molar-refractivity contribution in [2.45, 2.75) is 18.4 Å². The highest BCUT2D eigenvalue weighted by atomic mass is 16.4. The molecule has 6 nitrogen and oxygen atoms in total. The molecule has 3 atom stereocenters.